The predicted molar refractivity (Wildman–Crippen MR) is 69.2 cm³/mol. The first-order valence-corrected chi connectivity index (χ1v) is 6.64. The number of methoxy groups -OCH3 is 2. The zero-order valence-corrected chi connectivity index (χ0v) is 11.6. The van der Waals surface area contributed by atoms with E-state index in [1.807, 2.05) is 12.1 Å². The van der Waals surface area contributed by atoms with Crippen LogP contribution in [0.3, 0.4) is 0 Å². The summed E-state index contributed by atoms with van der Waals surface area (Å²) in [4.78, 5) is 13.4. The topological polar surface area (TPSA) is 58.4 Å². The Morgan fingerprint density at radius 2 is 1.95 bits per heavy atom. The molecule has 0 bridgehead atoms. The molecular weight excluding hydrogens is 262 g/mol. The fourth-order valence-electron chi connectivity index (χ4n) is 2.80. The molecule has 20 heavy (non-hydrogen) atoms. The number of nitrogens with one attached hydrogen (secondary N) is 1. The molecule has 0 amide bonds. The Morgan fingerprint density at radius 3 is 2.60 bits per heavy atom. The summed E-state index contributed by atoms with van der Waals surface area (Å²) in [7, 11) is 3.08. The van der Waals surface area contributed by atoms with Gasteiger partial charge in [0.2, 0.25) is 0 Å². The summed E-state index contributed by atoms with van der Waals surface area (Å²) < 4.78 is 21.5. The van der Waals surface area contributed by atoms with Crippen LogP contribution in [0.15, 0.2) is 12.1 Å². The number of hydrogen-bond donors (Lipinski definition) is 1. The van der Waals surface area contributed by atoms with Crippen molar-refractivity contribution < 1.29 is 28.6 Å². The van der Waals surface area contributed by atoms with Crippen LogP contribution >= 0.6 is 0 Å². The summed E-state index contributed by atoms with van der Waals surface area (Å²) in [6, 6.07) is 3.70. The lowest BCUT2D eigenvalue weighted by atomic mass is 10.1. The molecule has 1 N–H and O–H groups in total. The zero-order chi connectivity index (χ0) is 14.1. The molecule has 1 aromatic carbocycles. The van der Waals surface area contributed by atoms with Crippen LogP contribution in [0.2, 0.25) is 0 Å². The summed E-state index contributed by atoms with van der Waals surface area (Å²) in [5.74, 6) is 0.644. The van der Waals surface area contributed by atoms with Gasteiger partial charge in [0.15, 0.2) is 11.5 Å². The molecule has 108 valence electrons. The SMILES string of the molecule is COc1ccc2c(c1OC)C(=O)O[C@@H]2[NH+]1CCOCC1. The maximum atomic E-state index is 12.2. The fraction of sp³-hybridized carbons (Fsp3) is 0.500. The smallest absolute Gasteiger partial charge is 0.347 e. The van der Waals surface area contributed by atoms with Crippen molar-refractivity contribution in [2.75, 3.05) is 40.5 Å². The summed E-state index contributed by atoms with van der Waals surface area (Å²) in [6.45, 7) is 3.02. The van der Waals surface area contributed by atoms with Gasteiger partial charge in [-0.25, -0.2) is 4.79 Å². The van der Waals surface area contributed by atoms with E-state index in [-0.39, 0.29) is 12.2 Å². The lowest BCUT2D eigenvalue weighted by molar-refractivity contribution is -0.958. The van der Waals surface area contributed by atoms with Crippen LogP contribution in [0.4, 0.5) is 0 Å². The van der Waals surface area contributed by atoms with Gasteiger partial charge < -0.3 is 18.9 Å². The molecule has 0 aromatic heterocycles. The molecule has 0 saturated carbocycles. The van der Waals surface area contributed by atoms with Gasteiger partial charge in [-0.2, -0.15) is 0 Å². The van der Waals surface area contributed by atoms with E-state index in [1.165, 1.54) is 12.0 Å². The van der Waals surface area contributed by atoms with Crippen LogP contribution in [-0.2, 0) is 9.47 Å². The molecule has 1 aromatic rings. The highest BCUT2D eigenvalue weighted by Gasteiger charge is 2.42. The molecule has 0 radical (unpaired) electrons. The number of hydrogen-bond acceptors (Lipinski definition) is 5. The summed E-state index contributed by atoms with van der Waals surface area (Å²) in [5, 5.41) is 0. The van der Waals surface area contributed by atoms with Gasteiger partial charge in [0.25, 0.3) is 6.23 Å². The highest BCUT2D eigenvalue weighted by molar-refractivity contribution is 5.97. The highest BCUT2D eigenvalue weighted by atomic mass is 16.6. The van der Waals surface area contributed by atoms with Crippen LogP contribution in [-0.4, -0.2) is 46.5 Å². The quantitative estimate of drug-likeness (QED) is 0.776. The van der Waals surface area contributed by atoms with E-state index >= 15 is 0 Å². The number of quaternary nitrogens is 1. The van der Waals surface area contributed by atoms with E-state index in [2.05, 4.69) is 0 Å². The molecule has 0 unspecified atom stereocenters. The van der Waals surface area contributed by atoms with Gasteiger partial charge in [0, 0.05) is 0 Å². The normalized spacial score (nSPS) is 22.3. The number of esters is 1. The largest absolute Gasteiger partial charge is 0.493 e. The number of fused-ring (bicyclic) bond motifs is 1. The third-order valence-corrected chi connectivity index (χ3v) is 3.80. The Hall–Kier alpha value is -1.79. The molecule has 3 rings (SSSR count). The van der Waals surface area contributed by atoms with E-state index in [9.17, 15) is 4.79 Å². The van der Waals surface area contributed by atoms with Gasteiger partial charge in [0.1, 0.15) is 18.7 Å². The second kappa shape index (κ2) is 5.30. The molecule has 2 heterocycles. The Balaban J connectivity index is 2.00. The molecule has 0 aliphatic carbocycles. The van der Waals surface area contributed by atoms with Gasteiger partial charge in [-0.05, 0) is 12.1 Å². The Bertz CT molecular complexity index is 525. The predicted octanol–water partition coefficient (Wildman–Crippen LogP) is -0.212. The van der Waals surface area contributed by atoms with Crippen LogP contribution in [0, 0.1) is 0 Å². The standard InChI is InChI=1S/C14H17NO5/c1-17-10-4-3-9-11(12(10)18-2)14(16)20-13(9)15-5-7-19-8-6-15/h3-4,13H,5-8H2,1-2H3/p+1/t13-/m0/s1. The first-order valence-electron chi connectivity index (χ1n) is 6.64. The van der Waals surface area contributed by atoms with E-state index in [1.54, 1.807) is 7.11 Å². The lowest BCUT2D eigenvalue weighted by Crippen LogP contribution is -3.14. The molecule has 0 spiro atoms. The maximum Gasteiger partial charge on any atom is 0.347 e. The molecule has 1 fully saturated rings. The van der Waals surface area contributed by atoms with Gasteiger partial charge >= 0.3 is 5.97 Å². The van der Waals surface area contributed by atoms with Crippen LogP contribution in [0.25, 0.3) is 0 Å². The third-order valence-electron chi connectivity index (χ3n) is 3.80. The minimum Gasteiger partial charge on any atom is -0.493 e. The van der Waals surface area contributed by atoms with Crippen molar-refractivity contribution >= 4 is 5.97 Å². The average Bonchev–Trinajstić information content (AvgIpc) is 2.84. The summed E-state index contributed by atoms with van der Waals surface area (Å²) >= 11 is 0. The first-order chi connectivity index (χ1) is 9.76. The number of benzene rings is 1. The van der Waals surface area contributed by atoms with Crippen molar-refractivity contribution in [3.63, 3.8) is 0 Å². The molecule has 6 heteroatoms. The van der Waals surface area contributed by atoms with E-state index in [0.29, 0.717) is 30.3 Å². The molecule has 1 saturated heterocycles. The third kappa shape index (κ3) is 2.01. The van der Waals surface area contributed by atoms with Crippen molar-refractivity contribution in [3.05, 3.63) is 23.3 Å². The second-order valence-corrected chi connectivity index (χ2v) is 4.82. The van der Waals surface area contributed by atoms with Crippen molar-refractivity contribution in [1.29, 1.82) is 0 Å². The number of morpholine rings is 1. The van der Waals surface area contributed by atoms with Crippen molar-refractivity contribution in [3.8, 4) is 11.5 Å². The summed E-state index contributed by atoms with van der Waals surface area (Å²) in [5.41, 5.74) is 1.35. The van der Waals surface area contributed by atoms with Gasteiger partial charge in [-0.15, -0.1) is 0 Å². The molecule has 6 nitrogen and oxygen atoms in total. The molecule has 2 aliphatic heterocycles. The average molecular weight is 280 g/mol. The van der Waals surface area contributed by atoms with Crippen molar-refractivity contribution in [2.24, 2.45) is 0 Å². The van der Waals surface area contributed by atoms with Crippen LogP contribution in [0.5, 0.6) is 11.5 Å². The van der Waals surface area contributed by atoms with Crippen LogP contribution < -0.4 is 14.4 Å². The first kappa shape index (κ1) is 13.2. The van der Waals surface area contributed by atoms with Gasteiger partial charge in [-0.3, -0.25) is 4.90 Å². The van der Waals surface area contributed by atoms with Gasteiger partial charge in [-0.1, -0.05) is 0 Å². The highest BCUT2D eigenvalue weighted by Crippen LogP contribution is 2.40. The van der Waals surface area contributed by atoms with Crippen molar-refractivity contribution in [2.45, 2.75) is 6.23 Å². The Kier molecular flexibility index (Phi) is 3.50. The molecule has 1 atom stereocenters. The molecular formula is C14H18NO5+. The number of carbonyl (C=O) groups excluding carboxylic acids is 1. The zero-order valence-electron chi connectivity index (χ0n) is 11.6. The summed E-state index contributed by atoms with van der Waals surface area (Å²) in [6.07, 6.45) is -0.277. The minimum absolute atomic E-state index is 0.277. The van der Waals surface area contributed by atoms with E-state index in [4.69, 9.17) is 18.9 Å². The second-order valence-electron chi connectivity index (χ2n) is 4.82. The van der Waals surface area contributed by atoms with Gasteiger partial charge in [0.05, 0.1) is 33.0 Å². The molecule has 2 aliphatic rings. The van der Waals surface area contributed by atoms with Crippen molar-refractivity contribution in [1.82, 2.24) is 0 Å². The number of rotatable bonds is 3. The van der Waals surface area contributed by atoms with E-state index < -0.39 is 0 Å². The number of carbonyl (C=O) groups is 1. The lowest BCUT2D eigenvalue weighted by Gasteiger charge is -2.28. The maximum absolute atomic E-state index is 12.2. The minimum atomic E-state index is -0.347. The Labute approximate surface area is 117 Å². The monoisotopic (exact) mass is 280 g/mol. The fourth-order valence-corrected chi connectivity index (χ4v) is 2.80. The number of cyclic esters (lactones) is 1. The number of ether oxygens (including phenoxy) is 4. The van der Waals surface area contributed by atoms with E-state index in [0.717, 1.165) is 18.7 Å². The van der Waals surface area contributed by atoms with Crippen LogP contribution in [0.1, 0.15) is 22.1 Å². The Morgan fingerprint density at radius 1 is 1.20 bits per heavy atom.